The minimum atomic E-state index is -0.157. The fourth-order valence-corrected chi connectivity index (χ4v) is 6.57. The van der Waals surface area contributed by atoms with Gasteiger partial charge in [0.15, 0.2) is 40.3 Å². The van der Waals surface area contributed by atoms with E-state index < -0.39 is 0 Å². The summed E-state index contributed by atoms with van der Waals surface area (Å²) >= 11 is 0. The summed E-state index contributed by atoms with van der Waals surface area (Å²) in [5.41, 5.74) is 5.47. The highest BCUT2D eigenvalue weighted by molar-refractivity contribution is 5.89. The average Bonchev–Trinajstić information content (AvgIpc) is 3.74. The molecule has 0 fully saturated rings. The first-order valence-electron chi connectivity index (χ1n) is 18.8. The second-order valence-electron chi connectivity index (χ2n) is 13.2. The lowest BCUT2D eigenvalue weighted by Crippen LogP contribution is -2.14. The van der Waals surface area contributed by atoms with Gasteiger partial charge in [-0.3, -0.25) is 4.99 Å². The van der Waals surface area contributed by atoms with Gasteiger partial charge in [0, 0.05) is 40.2 Å². The summed E-state index contributed by atoms with van der Waals surface area (Å²) in [6.45, 7) is 1.27. The molecule has 1 aliphatic rings. The van der Waals surface area contributed by atoms with Gasteiger partial charge in [0.2, 0.25) is 5.75 Å². The summed E-state index contributed by atoms with van der Waals surface area (Å²) in [4.78, 5) is 4.67. The highest BCUT2D eigenvalue weighted by atomic mass is 16.5. The minimum absolute atomic E-state index is 0.157. The number of nitrogens with zero attached hydrogens (tertiary/aromatic N) is 2. The summed E-state index contributed by atoms with van der Waals surface area (Å²) in [5, 5.41) is 7.80. The first kappa shape index (κ1) is 38.9. The Morgan fingerprint density at radius 3 is 1.85 bits per heavy atom. The predicted molar refractivity (Wildman–Crippen MR) is 215 cm³/mol. The van der Waals surface area contributed by atoms with Gasteiger partial charge >= 0.3 is 0 Å². The molecule has 1 aliphatic heterocycles. The lowest BCUT2D eigenvalue weighted by Gasteiger charge is -2.22. The molecule has 0 aliphatic carbocycles. The van der Waals surface area contributed by atoms with Crippen molar-refractivity contribution in [1.82, 2.24) is 5.16 Å². The quantitative estimate of drug-likeness (QED) is 0.0727. The lowest BCUT2D eigenvalue weighted by atomic mass is 10.1. The Kier molecular flexibility index (Phi) is 13.8. The highest BCUT2D eigenvalue weighted by Crippen LogP contribution is 2.42. The van der Waals surface area contributed by atoms with Crippen LogP contribution < -0.4 is 38.5 Å². The molecule has 55 heavy (non-hydrogen) atoms. The van der Waals surface area contributed by atoms with Gasteiger partial charge in [-0.1, -0.05) is 67.9 Å². The Morgan fingerprint density at radius 2 is 1.18 bits per heavy atom. The molecule has 0 bridgehead atoms. The number of hydrogen-bond acceptors (Lipinski definition) is 11. The number of rotatable bonds is 21. The van der Waals surface area contributed by atoms with Gasteiger partial charge in [-0.2, -0.15) is 0 Å². The standard InChI is InChI=1S/C44H51N3O8/c1-48-36-20-18-30(35-28-38(55-47-35)33-26-41(50-3)43(52-5)42(27-33)51-4)24-40(36)54-23-15-11-9-7-6-8-10-14-22-53-37-21-19-31(25-39(37)49-2)44-45-29-32-16-12-13-17-34(32)46-44/h12-13,16-21,24-29,44,46H,6-11,14-15,22-23H2,1-5H3. The number of unbranched alkanes of at least 4 members (excludes halogenated alkanes) is 7. The number of para-hydroxylation sites is 1. The van der Waals surface area contributed by atoms with Gasteiger partial charge in [-0.25, -0.2) is 0 Å². The number of anilines is 1. The van der Waals surface area contributed by atoms with Crippen LogP contribution in [0.1, 0.15) is 68.7 Å². The second-order valence-corrected chi connectivity index (χ2v) is 13.2. The van der Waals surface area contributed by atoms with Crippen molar-refractivity contribution in [1.29, 1.82) is 0 Å². The van der Waals surface area contributed by atoms with E-state index in [0.29, 0.717) is 53.4 Å². The Bertz CT molecular complexity index is 2000. The van der Waals surface area contributed by atoms with Crippen LogP contribution in [-0.4, -0.2) is 60.1 Å². The van der Waals surface area contributed by atoms with E-state index in [0.717, 1.165) is 65.1 Å². The average molecular weight is 750 g/mol. The van der Waals surface area contributed by atoms with Crippen LogP contribution in [0.15, 0.2) is 88.4 Å². The molecule has 6 rings (SSSR count). The van der Waals surface area contributed by atoms with Gasteiger partial charge in [0.1, 0.15) is 11.9 Å². The maximum absolute atomic E-state index is 6.18. The van der Waals surface area contributed by atoms with E-state index in [-0.39, 0.29) is 6.17 Å². The number of fused-ring (bicyclic) bond motifs is 1. The largest absolute Gasteiger partial charge is 0.493 e. The topological polar surface area (TPSA) is 115 Å². The highest BCUT2D eigenvalue weighted by Gasteiger charge is 2.19. The van der Waals surface area contributed by atoms with Crippen LogP contribution >= 0.6 is 0 Å². The van der Waals surface area contributed by atoms with E-state index >= 15 is 0 Å². The zero-order chi connectivity index (χ0) is 38.4. The van der Waals surface area contributed by atoms with E-state index in [1.807, 2.05) is 72.9 Å². The van der Waals surface area contributed by atoms with Gasteiger partial charge in [0.25, 0.3) is 0 Å². The van der Waals surface area contributed by atoms with Crippen LogP contribution in [0, 0.1) is 0 Å². The van der Waals surface area contributed by atoms with Crippen LogP contribution in [0.2, 0.25) is 0 Å². The van der Waals surface area contributed by atoms with Crippen LogP contribution in [0.5, 0.6) is 40.2 Å². The third-order valence-corrected chi connectivity index (χ3v) is 9.59. The predicted octanol–water partition coefficient (Wildman–Crippen LogP) is 10.2. The van der Waals surface area contributed by atoms with Gasteiger partial charge in [0.05, 0.1) is 48.8 Å². The number of nitrogens with one attached hydrogen (secondary N) is 1. The van der Waals surface area contributed by atoms with Crippen LogP contribution in [-0.2, 0) is 0 Å². The monoisotopic (exact) mass is 749 g/mol. The third kappa shape index (κ3) is 9.83. The minimum Gasteiger partial charge on any atom is -0.493 e. The van der Waals surface area contributed by atoms with Crippen LogP contribution in [0.25, 0.3) is 22.6 Å². The SMILES string of the molecule is COc1cc(C2N=Cc3ccccc3N2)ccc1OCCCCCCCCCCOc1cc(-c2cc(-c3cc(OC)c(OC)c(OC)c3)on2)ccc1OC. The molecular weight excluding hydrogens is 698 g/mol. The molecule has 0 spiro atoms. The Morgan fingerprint density at radius 1 is 0.564 bits per heavy atom. The van der Waals surface area contributed by atoms with E-state index in [9.17, 15) is 0 Å². The van der Waals surface area contributed by atoms with Crippen molar-refractivity contribution in [2.45, 2.75) is 57.5 Å². The molecule has 290 valence electrons. The number of methoxy groups -OCH3 is 5. The van der Waals surface area contributed by atoms with Crippen molar-refractivity contribution in [3.05, 3.63) is 90.0 Å². The Balaban J connectivity index is 0.876. The fraction of sp³-hybridized carbons (Fsp3) is 0.364. The molecule has 0 radical (unpaired) electrons. The van der Waals surface area contributed by atoms with E-state index in [4.69, 9.17) is 37.7 Å². The van der Waals surface area contributed by atoms with Crippen molar-refractivity contribution in [2.24, 2.45) is 4.99 Å². The molecule has 11 nitrogen and oxygen atoms in total. The summed E-state index contributed by atoms with van der Waals surface area (Å²) in [5.74, 6) is 4.99. The number of hydrogen-bond donors (Lipinski definition) is 1. The molecule has 5 aromatic rings. The van der Waals surface area contributed by atoms with Crippen molar-refractivity contribution in [3.8, 4) is 62.8 Å². The summed E-state index contributed by atoms with van der Waals surface area (Å²) in [6.07, 6.45) is 10.8. The fourth-order valence-electron chi connectivity index (χ4n) is 6.57. The summed E-state index contributed by atoms with van der Waals surface area (Å²) in [6, 6.07) is 25.5. The van der Waals surface area contributed by atoms with Crippen molar-refractivity contribution >= 4 is 11.9 Å². The van der Waals surface area contributed by atoms with Gasteiger partial charge < -0.3 is 43.0 Å². The molecule has 1 aromatic heterocycles. The van der Waals surface area contributed by atoms with Gasteiger partial charge in [-0.15, -0.1) is 0 Å². The van der Waals surface area contributed by atoms with Crippen LogP contribution in [0.3, 0.4) is 0 Å². The molecule has 2 heterocycles. The molecule has 1 unspecified atom stereocenters. The smallest absolute Gasteiger partial charge is 0.203 e. The number of ether oxygens (including phenoxy) is 7. The van der Waals surface area contributed by atoms with Crippen LogP contribution in [0.4, 0.5) is 5.69 Å². The number of benzene rings is 4. The van der Waals surface area contributed by atoms with E-state index in [2.05, 4.69) is 27.6 Å². The third-order valence-electron chi connectivity index (χ3n) is 9.59. The first-order valence-corrected chi connectivity index (χ1v) is 18.8. The molecule has 1 atom stereocenters. The summed E-state index contributed by atoms with van der Waals surface area (Å²) < 4.78 is 45.7. The van der Waals surface area contributed by atoms with E-state index in [1.165, 1.54) is 25.7 Å². The van der Waals surface area contributed by atoms with Gasteiger partial charge in [-0.05, 0) is 61.4 Å². The normalized spacial score (nSPS) is 13.1. The first-order chi connectivity index (χ1) is 27.0. The Hall–Kier alpha value is -5.84. The molecular formula is C44H51N3O8. The number of aromatic nitrogens is 1. The zero-order valence-corrected chi connectivity index (χ0v) is 32.4. The maximum atomic E-state index is 6.18. The van der Waals surface area contributed by atoms with Crippen molar-refractivity contribution in [3.63, 3.8) is 0 Å². The van der Waals surface area contributed by atoms with Crippen molar-refractivity contribution in [2.75, 3.05) is 54.1 Å². The molecule has 0 saturated heterocycles. The van der Waals surface area contributed by atoms with E-state index in [1.54, 1.807) is 35.5 Å². The number of aliphatic imine (C=N–C) groups is 1. The second kappa shape index (κ2) is 19.5. The summed E-state index contributed by atoms with van der Waals surface area (Å²) in [7, 11) is 8.05. The van der Waals surface area contributed by atoms with Crippen molar-refractivity contribution < 1.29 is 37.7 Å². The lowest BCUT2D eigenvalue weighted by molar-refractivity contribution is 0.282. The molecule has 0 amide bonds. The molecule has 11 heteroatoms. The molecule has 1 N–H and O–H groups in total. The Labute approximate surface area is 323 Å². The molecule has 0 saturated carbocycles. The maximum Gasteiger partial charge on any atom is 0.203 e. The molecule has 4 aromatic carbocycles. The zero-order valence-electron chi connectivity index (χ0n) is 32.4.